The van der Waals surface area contributed by atoms with E-state index in [2.05, 4.69) is 5.32 Å². The lowest BCUT2D eigenvalue weighted by molar-refractivity contribution is -0.135. The van der Waals surface area contributed by atoms with Gasteiger partial charge in [0.25, 0.3) is 0 Å². The molecule has 0 aromatic heterocycles. The summed E-state index contributed by atoms with van der Waals surface area (Å²) in [5, 5.41) is 2.71. The first-order valence-corrected chi connectivity index (χ1v) is 7.87. The Balaban J connectivity index is 2.58. The Labute approximate surface area is 132 Å². The number of hydrogen-bond acceptors (Lipinski definition) is 3. The number of nitrogens with zero attached hydrogens (tertiary/aromatic N) is 1. The number of aryl methyl sites for hydroxylation is 1. The number of likely N-dealkylation sites (N-methyl/N-ethyl adjacent to an activating group) is 2. The molecule has 1 aromatic rings. The van der Waals surface area contributed by atoms with Crippen LogP contribution in [-0.2, 0) is 16.0 Å². The highest BCUT2D eigenvalue weighted by atomic mass is 16.5. The smallest absolute Gasteiger partial charge is 0.239 e. The van der Waals surface area contributed by atoms with E-state index in [9.17, 15) is 9.59 Å². The maximum absolute atomic E-state index is 12.3. The minimum atomic E-state index is -0.118. The van der Waals surface area contributed by atoms with Gasteiger partial charge in [0.05, 0.1) is 13.2 Å². The van der Waals surface area contributed by atoms with E-state index >= 15 is 0 Å². The molecule has 0 atom stereocenters. The standard InChI is InChI=1S/C17H26N2O3/c1-4-18-16(20)13-19(5-2)17(21)12-11-14-9-7-8-10-15(14)22-6-3/h7-10H,4-6,11-13H2,1-3H3,(H,18,20). The van der Waals surface area contributed by atoms with Crippen LogP contribution in [0.1, 0.15) is 32.8 Å². The average molecular weight is 306 g/mol. The summed E-state index contributed by atoms with van der Waals surface area (Å²) in [5.41, 5.74) is 1.02. The Morgan fingerprint density at radius 3 is 2.55 bits per heavy atom. The van der Waals surface area contributed by atoms with Crippen molar-refractivity contribution in [1.29, 1.82) is 0 Å². The van der Waals surface area contributed by atoms with Crippen LogP contribution in [0.4, 0.5) is 0 Å². The summed E-state index contributed by atoms with van der Waals surface area (Å²) in [4.78, 5) is 25.4. The second-order valence-corrected chi connectivity index (χ2v) is 4.90. The predicted octanol–water partition coefficient (Wildman–Crippen LogP) is 2.00. The maximum Gasteiger partial charge on any atom is 0.239 e. The fourth-order valence-electron chi connectivity index (χ4n) is 2.21. The Morgan fingerprint density at radius 1 is 1.18 bits per heavy atom. The van der Waals surface area contributed by atoms with Gasteiger partial charge in [-0.25, -0.2) is 0 Å². The molecule has 122 valence electrons. The SMILES string of the molecule is CCNC(=O)CN(CC)C(=O)CCc1ccccc1OCC. The number of ether oxygens (including phenoxy) is 1. The van der Waals surface area contributed by atoms with Crippen LogP contribution in [0, 0.1) is 0 Å². The van der Waals surface area contributed by atoms with Crippen molar-refractivity contribution in [3.8, 4) is 5.75 Å². The van der Waals surface area contributed by atoms with E-state index < -0.39 is 0 Å². The van der Waals surface area contributed by atoms with Gasteiger partial charge in [-0.3, -0.25) is 9.59 Å². The molecule has 1 N–H and O–H groups in total. The lowest BCUT2D eigenvalue weighted by atomic mass is 10.1. The topological polar surface area (TPSA) is 58.6 Å². The zero-order valence-electron chi connectivity index (χ0n) is 13.7. The highest BCUT2D eigenvalue weighted by molar-refractivity contribution is 5.84. The van der Waals surface area contributed by atoms with Gasteiger partial charge in [0, 0.05) is 19.5 Å². The van der Waals surface area contributed by atoms with Gasteiger partial charge < -0.3 is 15.0 Å². The van der Waals surface area contributed by atoms with Gasteiger partial charge in [0.2, 0.25) is 11.8 Å². The first kappa shape index (κ1) is 18.0. The largest absolute Gasteiger partial charge is 0.494 e. The molecule has 0 fully saturated rings. The molecule has 5 nitrogen and oxygen atoms in total. The van der Waals surface area contributed by atoms with Crippen molar-refractivity contribution in [1.82, 2.24) is 10.2 Å². The Hall–Kier alpha value is -2.04. The van der Waals surface area contributed by atoms with Crippen molar-refractivity contribution in [2.75, 3.05) is 26.2 Å². The van der Waals surface area contributed by atoms with Crippen molar-refractivity contribution < 1.29 is 14.3 Å². The van der Waals surface area contributed by atoms with Crippen LogP contribution in [-0.4, -0.2) is 43.0 Å². The number of nitrogens with one attached hydrogen (secondary N) is 1. The van der Waals surface area contributed by atoms with E-state index in [4.69, 9.17) is 4.74 Å². The lowest BCUT2D eigenvalue weighted by Crippen LogP contribution is -2.40. The molecule has 0 saturated heterocycles. The second kappa shape index (κ2) is 9.82. The number of hydrogen-bond donors (Lipinski definition) is 1. The van der Waals surface area contributed by atoms with Crippen LogP contribution in [0.3, 0.4) is 0 Å². The molecule has 1 rings (SSSR count). The summed E-state index contributed by atoms with van der Waals surface area (Å²) < 4.78 is 5.56. The molecule has 5 heteroatoms. The Bertz CT molecular complexity index is 489. The molecule has 1 aromatic carbocycles. The van der Waals surface area contributed by atoms with Gasteiger partial charge in [-0.2, -0.15) is 0 Å². The van der Waals surface area contributed by atoms with Crippen LogP contribution in [0.5, 0.6) is 5.75 Å². The minimum absolute atomic E-state index is 0.0138. The number of amides is 2. The first-order chi connectivity index (χ1) is 10.6. The molecule has 0 aliphatic heterocycles. The fraction of sp³-hybridized carbons (Fsp3) is 0.529. The summed E-state index contributed by atoms with van der Waals surface area (Å²) >= 11 is 0. The van der Waals surface area contributed by atoms with E-state index in [1.165, 1.54) is 0 Å². The summed E-state index contributed by atoms with van der Waals surface area (Å²) in [6.45, 7) is 7.51. The molecule has 0 heterocycles. The highest BCUT2D eigenvalue weighted by Gasteiger charge is 2.15. The monoisotopic (exact) mass is 306 g/mol. The fourth-order valence-corrected chi connectivity index (χ4v) is 2.21. The molecular formula is C17H26N2O3. The molecule has 0 bridgehead atoms. The second-order valence-electron chi connectivity index (χ2n) is 4.90. The molecule has 0 aliphatic carbocycles. The molecule has 2 amide bonds. The number of para-hydroxylation sites is 1. The van der Waals surface area contributed by atoms with E-state index in [1.54, 1.807) is 4.90 Å². The van der Waals surface area contributed by atoms with Gasteiger partial charge in [-0.05, 0) is 38.8 Å². The molecule has 22 heavy (non-hydrogen) atoms. The molecule has 0 aliphatic rings. The number of carbonyl (C=O) groups is 2. The van der Waals surface area contributed by atoms with Crippen LogP contribution in [0.25, 0.3) is 0 Å². The first-order valence-electron chi connectivity index (χ1n) is 7.87. The molecule has 0 unspecified atom stereocenters. The van der Waals surface area contributed by atoms with Gasteiger partial charge in [0.1, 0.15) is 5.75 Å². The van der Waals surface area contributed by atoms with Gasteiger partial charge in [0.15, 0.2) is 0 Å². The molecular weight excluding hydrogens is 280 g/mol. The van der Waals surface area contributed by atoms with Crippen molar-refractivity contribution in [2.24, 2.45) is 0 Å². The zero-order chi connectivity index (χ0) is 16.4. The third-order valence-electron chi connectivity index (χ3n) is 3.32. The summed E-state index contributed by atoms with van der Waals surface area (Å²) in [6, 6.07) is 7.74. The van der Waals surface area contributed by atoms with E-state index in [1.807, 2.05) is 45.0 Å². The number of benzene rings is 1. The van der Waals surface area contributed by atoms with Crippen molar-refractivity contribution in [2.45, 2.75) is 33.6 Å². The Morgan fingerprint density at radius 2 is 1.91 bits per heavy atom. The summed E-state index contributed by atoms with van der Waals surface area (Å²) in [6.07, 6.45) is 0.984. The summed E-state index contributed by atoms with van der Waals surface area (Å²) in [5.74, 6) is 0.692. The molecule has 0 spiro atoms. The molecule has 0 radical (unpaired) electrons. The minimum Gasteiger partial charge on any atom is -0.494 e. The van der Waals surface area contributed by atoms with Crippen LogP contribution < -0.4 is 10.1 Å². The Kier molecular flexibility index (Phi) is 8.04. The predicted molar refractivity (Wildman–Crippen MR) is 86.9 cm³/mol. The third kappa shape index (κ3) is 5.76. The zero-order valence-corrected chi connectivity index (χ0v) is 13.7. The number of carbonyl (C=O) groups excluding carboxylic acids is 2. The highest BCUT2D eigenvalue weighted by Crippen LogP contribution is 2.19. The lowest BCUT2D eigenvalue weighted by Gasteiger charge is -2.20. The van der Waals surface area contributed by atoms with Crippen LogP contribution in [0.2, 0.25) is 0 Å². The van der Waals surface area contributed by atoms with Gasteiger partial charge >= 0.3 is 0 Å². The van der Waals surface area contributed by atoms with E-state index in [0.29, 0.717) is 32.5 Å². The number of rotatable bonds is 9. The van der Waals surface area contributed by atoms with Crippen molar-refractivity contribution in [3.63, 3.8) is 0 Å². The van der Waals surface area contributed by atoms with Crippen molar-refractivity contribution in [3.05, 3.63) is 29.8 Å². The van der Waals surface area contributed by atoms with E-state index in [-0.39, 0.29) is 18.4 Å². The quantitative estimate of drug-likeness (QED) is 0.759. The third-order valence-corrected chi connectivity index (χ3v) is 3.32. The van der Waals surface area contributed by atoms with Crippen molar-refractivity contribution >= 4 is 11.8 Å². The average Bonchev–Trinajstić information content (AvgIpc) is 2.52. The summed E-state index contributed by atoms with van der Waals surface area (Å²) in [7, 11) is 0. The van der Waals surface area contributed by atoms with Crippen LogP contribution >= 0.6 is 0 Å². The van der Waals surface area contributed by atoms with Crippen LogP contribution in [0.15, 0.2) is 24.3 Å². The molecule has 0 saturated carbocycles. The van der Waals surface area contributed by atoms with E-state index in [0.717, 1.165) is 11.3 Å². The van der Waals surface area contributed by atoms with Gasteiger partial charge in [-0.1, -0.05) is 18.2 Å². The maximum atomic E-state index is 12.3. The normalized spacial score (nSPS) is 10.1. The van der Waals surface area contributed by atoms with Gasteiger partial charge in [-0.15, -0.1) is 0 Å².